The third-order valence-electron chi connectivity index (χ3n) is 2.73. The second-order valence-corrected chi connectivity index (χ2v) is 4.20. The van der Waals surface area contributed by atoms with Crippen molar-refractivity contribution in [2.75, 3.05) is 5.32 Å². The van der Waals surface area contributed by atoms with Crippen molar-refractivity contribution < 1.29 is 28.2 Å². The van der Waals surface area contributed by atoms with Crippen molar-refractivity contribution in [1.29, 1.82) is 0 Å². The first-order valence-corrected chi connectivity index (χ1v) is 5.78. The van der Waals surface area contributed by atoms with E-state index in [0.717, 1.165) is 24.3 Å². The Morgan fingerprint density at radius 3 is 2.19 bits per heavy atom. The van der Waals surface area contributed by atoms with Crippen LogP contribution in [0.2, 0.25) is 0 Å². The van der Waals surface area contributed by atoms with Crippen LogP contribution in [0.1, 0.15) is 15.9 Å². The van der Waals surface area contributed by atoms with Crippen molar-refractivity contribution >= 4 is 11.6 Å². The zero-order valence-electron chi connectivity index (χ0n) is 10.5. The number of phenolic OH excluding ortho intramolecular Hbond substituents is 2. The molecule has 21 heavy (non-hydrogen) atoms. The van der Waals surface area contributed by atoms with Crippen LogP contribution >= 0.6 is 0 Å². The van der Waals surface area contributed by atoms with Gasteiger partial charge in [-0.25, -0.2) is 0 Å². The van der Waals surface area contributed by atoms with Gasteiger partial charge < -0.3 is 15.5 Å². The third-order valence-corrected chi connectivity index (χ3v) is 2.73. The minimum absolute atomic E-state index is 0.135. The van der Waals surface area contributed by atoms with Gasteiger partial charge in [-0.2, -0.15) is 13.2 Å². The highest BCUT2D eigenvalue weighted by Crippen LogP contribution is 2.31. The number of anilines is 1. The first-order chi connectivity index (χ1) is 9.79. The van der Waals surface area contributed by atoms with E-state index in [9.17, 15) is 28.2 Å². The van der Waals surface area contributed by atoms with Crippen molar-refractivity contribution in [3.63, 3.8) is 0 Å². The summed E-state index contributed by atoms with van der Waals surface area (Å²) in [5.41, 5.74) is -0.883. The highest BCUT2D eigenvalue weighted by Gasteiger charge is 2.30. The predicted octanol–water partition coefficient (Wildman–Crippen LogP) is 3.37. The number of phenols is 2. The lowest BCUT2D eigenvalue weighted by Crippen LogP contribution is -2.12. The number of rotatable bonds is 2. The molecule has 2 aromatic carbocycles. The molecule has 2 rings (SSSR count). The Hall–Kier alpha value is -2.70. The lowest BCUT2D eigenvalue weighted by molar-refractivity contribution is -0.137. The zero-order valence-corrected chi connectivity index (χ0v) is 10.5. The van der Waals surface area contributed by atoms with Crippen molar-refractivity contribution in [2.45, 2.75) is 6.18 Å². The van der Waals surface area contributed by atoms with Crippen molar-refractivity contribution in [3.05, 3.63) is 53.6 Å². The van der Waals surface area contributed by atoms with Crippen LogP contribution in [0.4, 0.5) is 18.9 Å². The summed E-state index contributed by atoms with van der Waals surface area (Å²) >= 11 is 0. The molecule has 0 aromatic heterocycles. The summed E-state index contributed by atoms with van der Waals surface area (Å²) in [4.78, 5) is 11.9. The van der Waals surface area contributed by atoms with E-state index in [1.54, 1.807) is 0 Å². The van der Waals surface area contributed by atoms with Crippen LogP contribution in [0.3, 0.4) is 0 Å². The fourth-order valence-electron chi connectivity index (χ4n) is 1.66. The van der Waals surface area contributed by atoms with E-state index in [1.165, 1.54) is 18.2 Å². The Kier molecular flexibility index (Phi) is 3.75. The van der Waals surface area contributed by atoms with E-state index in [0.29, 0.717) is 0 Å². The van der Waals surface area contributed by atoms with Crippen molar-refractivity contribution in [1.82, 2.24) is 0 Å². The molecule has 0 unspecified atom stereocenters. The second-order valence-electron chi connectivity index (χ2n) is 4.20. The zero-order chi connectivity index (χ0) is 15.6. The average molecular weight is 297 g/mol. The molecule has 0 heterocycles. The largest absolute Gasteiger partial charge is 0.504 e. The Labute approximate surface area is 117 Å². The Morgan fingerprint density at radius 2 is 1.62 bits per heavy atom. The summed E-state index contributed by atoms with van der Waals surface area (Å²) in [5, 5.41) is 21.2. The van der Waals surface area contributed by atoms with E-state index in [-0.39, 0.29) is 11.3 Å². The number of benzene rings is 2. The van der Waals surface area contributed by atoms with Gasteiger partial charge in [0.25, 0.3) is 5.91 Å². The molecule has 0 atom stereocenters. The SMILES string of the molecule is O=C(Nc1ccc(C(F)(F)F)cc1)c1cccc(O)c1O. The highest BCUT2D eigenvalue weighted by atomic mass is 19.4. The Morgan fingerprint density at radius 1 is 1.00 bits per heavy atom. The molecule has 7 heteroatoms. The summed E-state index contributed by atoms with van der Waals surface area (Å²) in [7, 11) is 0. The van der Waals surface area contributed by atoms with Crippen LogP contribution in [-0.4, -0.2) is 16.1 Å². The number of amides is 1. The lowest BCUT2D eigenvalue weighted by atomic mass is 10.1. The predicted molar refractivity (Wildman–Crippen MR) is 69.2 cm³/mol. The van der Waals surface area contributed by atoms with Crippen LogP contribution in [-0.2, 0) is 6.18 Å². The summed E-state index contributed by atoms with van der Waals surface area (Å²) in [6.45, 7) is 0. The first-order valence-electron chi connectivity index (χ1n) is 5.78. The monoisotopic (exact) mass is 297 g/mol. The van der Waals surface area contributed by atoms with Crippen molar-refractivity contribution in [3.8, 4) is 11.5 Å². The van der Waals surface area contributed by atoms with E-state index in [2.05, 4.69) is 5.32 Å². The van der Waals surface area contributed by atoms with Gasteiger partial charge in [0.1, 0.15) is 0 Å². The summed E-state index contributed by atoms with van der Waals surface area (Å²) in [6, 6.07) is 7.69. The maximum absolute atomic E-state index is 12.4. The Bertz CT molecular complexity index is 666. The number of carbonyl (C=O) groups is 1. The van der Waals surface area contributed by atoms with Gasteiger partial charge in [0.2, 0.25) is 0 Å². The van der Waals surface area contributed by atoms with Crippen LogP contribution in [0.25, 0.3) is 0 Å². The molecule has 4 nitrogen and oxygen atoms in total. The minimum Gasteiger partial charge on any atom is -0.504 e. The van der Waals surface area contributed by atoms with E-state index in [1.807, 2.05) is 0 Å². The number of nitrogens with one attached hydrogen (secondary N) is 1. The molecular weight excluding hydrogens is 287 g/mol. The van der Waals surface area contributed by atoms with Crippen LogP contribution in [0.5, 0.6) is 11.5 Å². The molecule has 1 amide bonds. The number of aromatic hydroxyl groups is 2. The Balaban J connectivity index is 2.18. The quantitative estimate of drug-likeness (QED) is 0.744. The fraction of sp³-hybridized carbons (Fsp3) is 0.0714. The van der Waals surface area contributed by atoms with Crippen LogP contribution in [0, 0.1) is 0 Å². The van der Waals surface area contributed by atoms with E-state index < -0.39 is 29.1 Å². The maximum Gasteiger partial charge on any atom is 0.416 e. The molecule has 0 bridgehead atoms. The molecule has 0 aliphatic heterocycles. The molecule has 3 N–H and O–H groups in total. The average Bonchev–Trinajstić information content (AvgIpc) is 2.41. The first kappa shape index (κ1) is 14.7. The fourth-order valence-corrected chi connectivity index (χ4v) is 1.66. The van der Waals surface area contributed by atoms with Crippen LogP contribution in [0.15, 0.2) is 42.5 Å². The molecule has 110 valence electrons. The standard InChI is InChI=1S/C14H10F3NO3/c15-14(16,17)8-4-6-9(7-5-8)18-13(21)10-2-1-3-11(19)12(10)20/h1-7,19-20H,(H,18,21). The normalized spacial score (nSPS) is 11.2. The molecule has 0 saturated carbocycles. The van der Waals surface area contributed by atoms with Crippen molar-refractivity contribution in [2.24, 2.45) is 0 Å². The smallest absolute Gasteiger partial charge is 0.416 e. The summed E-state index contributed by atoms with van der Waals surface area (Å²) < 4.78 is 37.2. The van der Waals surface area contributed by atoms with Gasteiger partial charge in [-0.15, -0.1) is 0 Å². The van der Waals surface area contributed by atoms with Gasteiger partial charge in [-0.05, 0) is 36.4 Å². The third kappa shape index (κ3) is 3.25. The number of carbonyl (C=O) groups excluding carboxylic acids is 1. The molecule has 0 radical (unpaired) electrons. The van der Waals surface area contributed by atoms with Gasteiger partial charge in [0, 0.05) is 5.69 Å². The van der Waals surface area contributed by atoms with E-state index >= 15 is 0 Å². The van der Waals surface area contributed by atoms with Gasteiger partial charge in [-0.1, -0.05) is 6.07 Å². The number of para-hydroxylation sites is 1. The van der Waals surface area contributed by atoms with Gasteiger partial charge in [0.05, 0.1) is 11.1 Å². The number of hydrogen-bond acceptors (Lipinski definition) is 3. The number of halogens is 3. The highest BCUT2D eigenvalue weighted by molar-refractivity contribution is 6.06. The molecule has 0 fully saturated rings. The van der Waals surface area contributed by atoms with Gasteiger partial charge >= 0.3 is 6.18 Å². The maximum atomic E-state index is 12.4. The molecule has 0 spiro atoms. The number of hydrogen-bond donors (Lipinski definition) is 3. The second kappa shape index (κ2) is 5.35. The lowest BCUT2D eigenvalue weighted by Gasteiger charge is -2.10. The molecule has 0 saturated heterocycles. The van der Waals surface area contributed by atoms with E-state index in [4.69, 9.17) is 0 Å². The molecular formula is C14H10F3NO3. The number of alkyl halides is 3. The summed E-state index contributed by atoms with van der Waals surface area (Å²) in [5.74, 6) is -1.81. The van der Waals surface area contributed by atoms with Gasteiger partial charge in [0.15, 0.2) is 11.5 Å². The molecule has 0 aliphatic rings. The van der Waals surface area contributed by atoms with Gasteiger partial charge in [-0.3, -0.25) is 4.79 Å². The molecule has 0 aliphatic carbocycles. The molecule has 2 aromatic rings. The minimum atomic E-state index is -4.45. The summed E-state index contributed by atoms with van der Waals surface area (Å²) in [6.07, 6.45) is -4.45. The van der Waals surface area contributed by atoms with Crippen LogP contribution < -0.4 is 5.32 Å². The topological polar surface area (TPSA) is 69.6 Å².